The van der Waals surface area contributed by atoms with Crippen molar-refractivity contribution in [1.82, 2.24) is 5.32 Å². The Balaban J connectivity index is 1.97. The molecule has 2 fully saturated rings. The summed E-state index contributed by atoms with van der Waals surface area (Å²) in [7, 11) is 0. The molecule has 3 nitrogen and oxygen atoms in total. The maximum absolute atomic E-state index is 12.2. The lowest BCUT2D eigenvalue weighted by molar-refractivity contribution is -0.127. The molecule has 0 aliphatic heterocycles. The standard InChI is InChI=1S/C13H21Cl2NO2/c1-12(8-13(12,14)15)11(18)16-10-6-4-2-3-5-9(10)7-17/h9-10,17H,2-8H2,1H3,(H,16,18)/t9-,10-,12-/m1/s1. The maximum Gasteiger partial charge on any atom is 0.229 e. The van der Waals surface area contributed by atoms with Crippen molar-refractivity contribution in [3.05, 3.63) is 0 Å². The molecule has 104 valence electrons. The largest absolute Gasteiger partial charge is 0.396 e. The molecule has 2 aliphatic rings. The first-order chi connectivity index (χ1) is 8.40. The van der Waals surface area contributed by atoms with Crippen LogP contribution in [-0.2, 0) is 4.79 Å². The smallest absolute Gasteiger partial charge is 0.229 e. The lowest BCUT2D eigenvalue weighted by atomic mass is 9.94. The number of alkyl halides is 2. The highest BCUT2D eigenvalue weighted by Crippen LogP contribution is 2.63. The molecule has 2 N–H and O–H groups in total. The van der Waals surface area contributed by atoms with Crippen LogP contribution in [0.25, 0.3) is 0 Å². The summed E-state index contributed by atoms with van der Waals surface area (Å²) in [5.41, 5.74) is -0.664. The van der Waals surface area contributed by atoms with Crippen LogP contribution < -0.4 is 5.32 Å². The van der Waals surface area contributed by atoms with Crippen molar-refractivity contribution in [2.75, 3.05) is 6.61 Å². The van der Waals surface area contributed by atoms with Gasteiger partial charge in [-0.15, -0.1) is 23.2 Å². The van der Waals surface area contributed by atoms with Gasteiger partial charge in [-0.1, -0.05) is 19.3 Å². The third-order valence-electron chi connectivity index (χ3n) is 4.47. The third-order valence-corrected chi connectivity index (χ3v) is 5.57. The minimum absolute atomic E-state index is 0.0616. The molecular formula is C13H21Cl2NO2. The Hall–Kier alpha value is 0.01000. The molecule has 2 aliphatic carbocycles. The van der Waals surface area contributed by atoms with Gasteiger partial charge in [-0.3, -0.25) is 4.79 Å². The van der Waals surface area contributed by atoms with E-state index in [2.05, 4.69) is 5.32 Å². The molecule has 1 amide bonds. The minimum atomic E-state index is -0.920. The van der Waals surface area contributed by atoms with Crippen LogP contribution in [-0.4, -0.2) is 28.0 Å². The van der Waals surface area contributed by atoms with Crippen molar-refractivity contribution in [2.24, 2.45) is 11.3 Å². The van der Waals surface area contributed by atoms with Gasteiger partial charge in [0.15, 0.2) is 0 Å². The Labute approximate surface area is 118 Å². The molecule has 18 heavy (non-hydrogen) atoms. The van der Waals surface area contributed by atoms with Crippen LogP contribution >= 0.6 is 23.2 Å². The van der Waals surface area contributed by atoms with Crippen molar-refractivity contribution >= 4 is 29.1 Å². The van der Waals surface area contributed by atoms with Crippen LogP contribution in [0.2, 0.25) is 0 Å². The second-order valence-electron chi connectivity index (χ2n) is 5.87. The summed E-state index contributed by atoms with van der Waals surface area (Å²) in [6.07, 6.45) is 5.82. The number of hydrogen-bond donors (Lipinski definition) is 2. The van der Waals surface area contributed by atoms with Crippen molar-refractivity contribution < 1.29 is 9.90 Å². The summed E-state index contributed by atoms with van der Waals surface area (Å²) in [6, 6.07) is 0.0616. The molecule has 0 aromatic carbocycles. The fourth-order valence-electron chi connectivity index (χ4n) is 2.77. The number of amides is 1. The molecule has 0 heterocycles. The van der Waals surface area contributed by atoms with Crippen LogP contribution in [0.4, 0.5) is 0 Å². The van der Waals surface area contributed by atoms with E-state index in [4.69, 9.17) is 23.2 Å². The number of halogens is 2. The summed E-state index contributed by atoms with van der Waals surface area (Å²) in [5, 5.41) is 12.5. The Bertz CT molecular complexity index is 335. The molecule has 2 saturated carbocycles. The van der Waals surface area contributed by atoms with Gasteiger partial charge in [0.25, 0.3) is 0 Å². The SMILES string of the molecule is C[C@]1(C(=O)N[C@@H]2CCCCC[C@@H]2CO)CC1(Cl)Cl. The van der Waals surface area contributed by atoms with Gasteiger partial charge in [-0.05, 0) is 26.2 Å². The van der Waals surface area contributed by atoms with E-state index >= 15 is 0 Å². The number of carbonyl (C=O) groups is 1. The highest BCUT2D eigenvalue weighted by Gasteiger charge is 2.68. The Kier molecular flexibility index (Phi) is 4.15. The van der Waals surface area contributed by atoms with Crippen LogP contribution in [0, 0.1) is 11.3 Å². The van der Waals surface area contributed by atoms with Crippen LogP contribution in [0.15, 0.2) is 0 Å². The molecule has 0 unspecified atom stereocenters. The topological polar surface area (TPSA) is 49.3 Å². The number of hydrogen-bond acceptors (Lipinski definition) is 2. The first kappa shape index (κ1) is 14.4. The van der Waals surface area contributed by atoms with Gasteiger partial charge in [0.2, 0.25) is 5.91 Å². The molecule has 3 atom stereocenters. The van der Waals surface area contributed by atoms with E-state index in [1.54, 1.807) is 6.92 Å². The van der Waals surface area contributed by atoms with Gasteiger partial charge in [-0.25, -0.2) is 0 Å². The number of aliphatic hydroxyl groups excluding tert-OH is 1. The van der Waals surface area contributed by atoms with Crippen molar-refractivity contribution in [3.8, 4) is 0 Å². The number of nitrogens with one attached hydrogen (secondary N) is 1. The molecule has 0 bridgehead atoms. The molecule has 5 heteroatoms. The zero-order valence-electron chi connectivity index (χ0n) is 10.7. The maximum atomic E-state index is 12.2. The first-order valence-corrected chi connectivity index (χ1v) is 7.46. The van der Waals surface area contributed by atoms with E-state index in [1.165, 1.54) is 6.42 Å². The van der Waals surface area contributed by atoms with Gasteiger partial charge in [-0.2, -0.15) is 0 Å². The quantitative estimate of drug-likeness (QED) is 0.621. The minimum Gasteiger partial charge on any atom is -0.396 e. The first-order valence-electron chi connectivity index (χ1n) is 6.70. The highest BCUT2D eigenvalue weighted by atomic mass is 35.5. The lowest BCUT2D eigenvalue weighted by Crippen LogP contribution is -2.45. The van der Waals surface area contributed by atoms with Crippen LogP contribution in [0.3, 0.4) is 0 Å². The molecule has 0 radical (unpaired) electrons. The fraction of sp³-hybridized carbons (Fsp3) is 0.923. The Morgan fingerprint density at radius 3 is 2.50 bits per heavy atom. The van der Waals surface area contributed by atoms with Gasteiger partial charge < -0.3 is 10.4 Å². The van der Waals surface area contributed by atoms with Crippen LogP contribution in [0.5, 0.6) is 0 Å². The van der Waals surface area contributed by atoms with Crippen molar-refractivity contribution in [1.29, 1.82) is 0 Å². The third kappa shape index (κ3) is 2.63. The normalized spacial score (nSPS) is 38.9. The molecule has 0 saturated heterocycles. The Morgan fingerprint density at radius 1 is 1.33 bits per heavy atom. The van der Waals surface area contributed by atoms with Gasteiger partial charge in [0, 0.05) is 18.6 Å². The number of aliphatic hydroxyl groups is 1. The second kappa shape index (κ2) is 5.18. The molecule has 0 spiro atoms. The van der Waals surface area contributed by atoms with E-state index in [9.17, 15) is 9.90 Å². The number of rotatable bonds is 3. The monoisotopic (exact) mass is 293 g/mol. The predicted molar refractivity (Wildman–Crippen MR) is 72.8 cm³/mol. The van der Waals surface area contributed by atoms with Gasteiger partial charge >= 0.3 is 0 Å². The summed E-state index contributed by atoms with van der Waals surface area (Å²) in [6.45, 7) is 1.93. The summed E-state index contributed by atoms with van der Waals surface area (Å²) < 4.78 is -0.920. The summed E-state index contributed by atoms with van der Waals surface area (Å²) in [4.78, 5) is 12.2. The van der Waals surface area contributed by atoms with Gasteiger partial charge in [0.05, 0.1) is 5.41 Å². The van der Waals surface area contributed by atoms with Gasteiger partial charge in [0.1, 0.15) is 4.33 Å². The molecule has 0 aromatic rings. The molecule has 0 aromatic heterocycles. The van der Waals surface area contributed by atoms with Crippen molar-refractivity contribution in [3.63, 3.8) is 0 Å². The van der Waals surface area contributed by atoms with Crippen LogP contribution in [0.1, 0.15) is 45.4 Å². The zero-order chi connectivity index (χ0) is 13.4. The zero-order valence-corrected chi connectivity index (χ0v) is 12.2. The van der Waals surface area contributed by atoms with E-state index in [-0.39, 0.29) is 24.5 Å². The average Bonchev–Trinajstić information content (AvgIpc) is 2.91. The Morgan fingerprint density at radius 2 is 1.94 bits per heavy atom. The van der Waals surface area contributed by atoms with E-state index in [0.29, 0.717) is 6.42 Å². The number of carbonyl (C=O) groups excluding carboxylic acids is 1. The average molecular weight is 294 g/mol. The highest BCUT2D eigenvalue weighted by molar-refractivity contribution is 6.53. The molecule has 2 rings (SSSR count). The predicted octanol–water partition coefficient (Wildman–Crippen LogP) is 2.63. The van der Waals surface area contributed by atoms with E-state index < -0.39 is 9.75 Å². The summed E-state index contributed by atoms with van der Waals surface area (Å²) in [5.74, 6) is 0.0942. The van der Waals surface area contributed by atoms with E-state index in [0.717, 1.165) is 25.7 Å². The second-order valence-corrected chi connectivity index (χ2v) is 7.36. The fourth-order valence-corrected chi connectivity index (χ4v) is 3.47. The molecular weight excluding hydrogens is 273 g/mol. The van der Waals surface area contributed by atoms with E-state index in [1.807, 2.05) is 0 Å². The lowest BCUT2D eigenvalue weighted by Gasteiger charge is -2.26. The van der Waals surface area contributed by atoms with Crippen molar-refractivity contribution in [2.45, 2.75) is 55.8 Å². The summed E-state index contributed by atoms with van der Waals surface area (Å²) >= 11 is 12.0.